The topological polar surface area (TPSA) is 70.8 Å². The van der Waals surface area contributed by atoms with Crippen molar-refractivity contribution in [1.29, 1.82) is 0 Å². The van der Waals surface area contributed by atoms with Gasteiger partial charge in [-0.3, -0.25) is 4.79 Å². The summed E-state index contributed by atoms with van der Waals surface area (Å²) in [5.74, 6) is 1.92. The number of benzene rings is 2. The lowest BCUT2D eigenvalue weighted by Gasteiger charge is -2.19. The lowest BCUT2D eigenvalue weighted by molar-refractivity contribution is -0.154. The predicted molar refractivity (Wildman–Crippen MR) is 146 cm³/mol. The average Bonchev–Trinajstić information content (AvgIpc) is 3.27. The normalized spacial score (nSPS) is 12.4. The minimum absolute atomic E-state index is 0.0875. The molecule has 0 fully saturated rings. The third-order valence-corrected chi connectivity index (χ3v) is 5.96. The molecule has 4 aromatic rings. The predicted octanol–water partition coefficient (Wildman–Crippen LogP) is 7.84. The van der Waals surface area contributed by atoms with Gasteiger partial charge in [0.15, 0.2) is 0 Å². The standard InChI is InChI=1S/C31H35NO5/c1-21(11-9-10-14-26(33)37-31(2,3)4)35-30-28-25(19-20-32-30)36-29(23-12-7-6-8-13-23)27(28)22-15-17-24(34-5)18-16-22/h6-8,12-13,15-21H,9-11,14H2,1-5H3. The van der Waals surface area contributed by atoms with Gasteiger partial charge < -0.3 is 18.6 Å². The van der Waals surface area contributed by atoms with Gasteiger partial charge in [-0.15, -0.1) is 0 Å². The lowest BCUT2D eigenvalue weighted by atomic mass is 9.99. The number of furan rings is 1. The fourth-order valence-corrected chi connectivity index (χ4v) is 4.27. The van der Waals surface area contributed by atoms with Crippen molar-refractivity contribution in [2.24, 2.45) is 0 Å². The maximum Gasteiger partial charge on any atom is 0.306 e. The molecule has 0 aliphatic carbocycles. The van der Waals surface area contributed by atoms with Crippen molar-refractivity contribution in [3.63, 3.8) is 0 Å². The smallest absolute Gasteiger partial charge is 0.306 e. The van der Waals surface area contributed by atoms with Gasteiger partial charge in [-0.2, -0.15) is 0 Å². The van der Waals surface area contributed by atoms with E-state index in [2.05, 4.69) is 4.98 Å². The van der Waals surface area contributed by atoms with Crippen molar-refractivity contribution in [2.45, 2.75) is 65.1 Å². The maximum atomic E-state index is 12.0. The summed E-state index contributed by atoms with van der Waals surface area (Å²) in [6, 6.07) is 19.8. The molecule has 0 aliphatic rings. The third kappa shape index (κ3) is 6.70. The highest BCUT2D eigenvalue weighted by Crippen LogP contribution is 2.44. The summed E-state index contributed by atoms with van der Waals surface area (Å²) in [5.41, 5.74) is 3.16. The van der Waals surface area contributed by atoms with E-state index in [9.17, 15) is 4.79 Å². The van der Waals surface area contributed by atoms with Crippen molar-refractivity contribution in [3.05, 3.63) is 66.9 Å². The Hall–Kier alpha value is -3.80. The van der Waals surface area contributed by atoms with Gasteiger partial charge in [-0.1, -0.05) is 42.5 Å². The molecule has 6 heteroatoms. The van der Waals surface area contributed by atoms with Crippen LogP contribution in [0.4, 0.5) is 0 Å². The van der Waals surface area contributed by atoms with E-state index in [1.807, 2.05) is 88.4 Å². The second kappa shape index (κ2) is 11.5. The van der Waals surface area contributed by atoms with E-state index in [0.29, 0.717) is 17.9 Å². The number of rotatable bonds is 10. The SMILES string of the molecule is COc1ccc(-c2c(-c3ccccc3)oc3ccnc(OC(C)CCCCC(=O)OC(C)(C)C)c23)cc1. The number of hydrogen-bond acceptors (Lipinski definition) is 6. The Balaban J connectivity index is 1.58. The van der Waals surface area contributed by atoms with Crippen LogP contribution in [-0.4, -0.2) is 29.8 Å². The largest absolute Gasteiger partial charge is 0.497 e. The molecule has 194 valence electrons. The highest BCUT2D eigenvalue weighted by Gasteiger charge is 2.23. The molecule has 0 amide bonds. The summed E-state index contributed by atoms with van der Waals surface area (Å²) in [4.78, 5) is 16.6. The van der Waals surface area contributed by atoms with Crippen LogP contribution in [0.1, 0.15) is 53.4 Å². The molecular formula is C31H35NO5. The van der Waals surface area contributed by atoms with Gasteiger partial charge in [0.2, 0.25) is 5.88 Å². The second-order valence-corrected chi connectivity index (χ2v) is 10.2. The molecule has 0 aliphatic heterocycles. The molecule has 0 saturated carbocycles. The molecule has 0 bridgehead atoms. The van der Waals surface area contributed by atoms with Crippen molar-refractivity contribution in [3.8, 4) is 34.1 Å². The van der Waals surface area contributed by atoms with Gasteiger partial charge in [-0.05, 0) is 64.7 Å². The fourth-order valence-electron chi connectivity index (χ4n) is 4.27. The molecule has 1 atom stereocenters. The third-order valence-electron chi connectivity index (χ3n) is 5.96. The monoisotopic (exact) mass is 501 g/mol. The molecule has 6 nitrogen and oxygen atoms in total. The zero-order valence-electron chi connectivity index (χ0n) is 22.2. The number of nitrogens with zero attached hydrogens (tertiary/aromatic N) is 1. The molecule has 0 spiro atoms. The van der Waals surface area contributed by atoms with Crippen molar-refractivity contribution in [2.75, 3.05) is 7.11 Å². The van der Waals surface area contributed by atoms with E-state index >= 15 is 0 Å². The number of ether oxygens (including phenoxy) is 3. The fraction of sp³-hybridized carbons (Fsp3) is 0.355. The molecule has 2 aromatic heterocycles. The highest BCUT2D eigenvalue weighted by molar-refractivity contribution is 6.04. The Labute approximate surface area is 218 Å². The number of methoxy groups -OCH3 is 1. The van der Waals surface area contributed by atoms with Crippen molar-refractivity contribution >= 4 is 16.9 Å². The molecule has 0 saturated heterocycles. The molecule has 4 rings (SSSR count). The van der Waals surface area contributed by atoms with Crippen molar-refractivity contribution < 1.29 is 23.4 Å². The molecule has 0 N–H and O–H groups in total. The van der Waals surface area contributed by atoms with Crippen LogP contribution in [0, 0.1) is 0 Å². The number of fused-ring (bicyclic) bond motifs is 1. The molecule has 1 unspecified atom stereocenters. The minimum Gasteiger partial charge on any atom is -0.497 e. The van der Waals surface area contributed by atoms with Crippen LogP contribution in [0.15, 0.2) is 71.3 Å². The highest BCUT2D eigenvalue weighted by atomic mass is 16.6. The zero-order valence-corrected chi connectivity index (χ0v) is 22.2. The molecular weight excluding hydrogens is 466 g/mol. The van der Waals surface area contributed by atoms with Gasteiger partial charge in [0.25, 0.3) is 0 Å². The number of hydrogen-bond donors (Lipinski definition) is 0. The van der Waals surface area contributed by atoms with E-state index in [0.717, 1.165) is 52.8 Å². The summed E-state index contributed by atoms with van der Waals surface area (Å²) in [6.45, 7) is 7.67. The van der Waals surface area contributed by atoms with Crippen LogP contribution in [0.5, 0.6) is 11.6 Å². The molecule has 37 heavy (non-hydrogen) atoms. The average molecular weight is 502 g/mol. The molecule has 0 radical (unpaired) electrons. The quantitative estimate of drug-likeness (QED) is 0.163. The first-order valence-corrected chi connectivity index (χ1v) is 12.7. The molecule has 2 aromatic carbocycles. The van der Waals surface area contributed by atoms with Gasteiger partial charge in [0.05, 0.1) is 18.6 Å². The first kappa shape index (κ1) is 26.3. The Morgan fingerprint density at radius 1 is 0.973 bits per heavy atom. The first-order valence-electron chi connectivity index (χ1n) is 12.7. The van der Waals surface area contributed by atoms with Crippen LogP contribution in [0.2, 0.25) is 0 Å². The van der Waals surface area contributed by atoms with Crippen LogP contribution in [0.3, 0.4) is 0 Å². The van der Waals surface area contributed by atoms with E-state index in [1.54, 1.807) is 13.3 Å². The Morgan fingerprint density at radius 2 is 1.70 bits per heavy atom. The second-order valence-electron chi connectivity index (χ2n) is 10.2. The van der Waals surface area contributed by atoms with Crippen LogP contribution < -0.4 is 9.47 Å². The van der Waals surface area contributed by atoms with E-state index in [4.69, 9.17) is 18.6 Å². The zero-order chi connectivity index (χ0) is 26.4. The first-order chi connectivity index (χ1) is 17.7. The van der Waals surface area contributed by atoms with E-state index in [1.165, 1.54) is 0 Å². The number of esters is 1. The lowest BCUT2D eigenvalue weighted by Crippen LogP contribution is -2.23. The summed E-state index contributed by atoms with van der Waals surface area (Å²) < 4.78 is 23.5. The van der Waals surface area contributed by atoms with Gasteiger partial charge in [0.1, 0.15) is 22.7 Å². The number of aromatic nitrogens is 1. The maximum absolute atomic E-state index is 12.0. The van der Waals surface area contributed by atoms with Gasteiger partial charge >= 0.3 is 5.97 Å². The van der Waals surface area contributed by atoms with Crippen LogP contribution in [0.25, 0.3) is 33.4 Å². The summed E-state index contributed by atoms with van der Waals surface area (Å²) in [6.07, 6.45) is 4.42. The Morgan fingerprint density at radius 3 is 2.38 bits per heavy atom. The number of carbonyl (C=O) groups excluding carboxylic acids is 1. The van der Waals surface area contributed by atoms with E-state index in [-0.39, 0.29) is 12.1 Å². The van der Waals surface area contributed by atoms with Crippen molar-refractivity contribution in [1.82, 2.24) is 4.98 Å². The Bertz CT molecular complexity index is 1320. The van der Waals surface area contributed by atoms with Gasteiger partial charge in [0, 0.05) is 29.8 Å². The number of pyridine rings is 1. The summed E-state index contributed by atoms with van der Waals surface area (Å²) >= 11 is 0. The molecule has 2 heterocycles. The summed E-state index contributed by atoms with van der Waals surface area (Å²) in [5, 5.41) is 0.840. The Kier molecular flexibility index (Phi) is 8.17. The minimum atomic E-state index is -0.456. The number of unbranched alkanes of at least 4 members (excludes halogenated alkanes) is 1. The van der Waals surface area contributed by atoms with E-state index < -0.39 is 5.60 Å². The number of carbonyl (C=O) groups is 1. The van der Waals surface area contributed by atoms with Crippen LogP contribution >= 0.6 is 0 Å². The summed E-state index contributed by atoms with van der Waals surface area (Å²) in [7, 11) is 1.66. The van der Waals surface area contributed by atoms with Gasteiger partial charge in [-0.25, -0.2) is 4.98 Å². The van der Waals surface area contributed by atoms with Crippen LogP contribution in [-0.2, 0) is 9.53 Å².